The summed E-state index contributed by atoms with van der Waals surface area (Å²) in [5.41, 5.74) is 2.06. The van der Waals surface area contributed by atoms with Crippen LogP contribution in [0, 0.1) is 0 Å². The zero-order chi connectivity index (χ0) is 15.7. The van der Waals surface area contributed by atoms with Crippen molar-refractivity contribution in [1.29, 1.82) is 0 Å². The molecule has 1 fully saturated rings. The first-order valence-corrected chi connectivity index (χ1v) is 10.6. The first-order chi connectivity index (χ1) is 11.2. The summed E-state index contributed by atoms with van der Waals surface area (Å²) in [6, 6.07) is 16.5. The molecule has 2 aromatic rings. The summed E-state index contributed by atoms with van der Waals surface area (Å²) in [6.45, 7) is -0.593. The zero-order valence-electron chi connectivity index (χ0n) is 12.8. The predicted molar refractivity (Wildman–Crippen MR) is 95.2 cm³/mol. The van der Waals surface area contributed by atoms with Crippen LogP contribution in [0.2, 0.25) is 0 Å². The van der Waals surface area contributed by atoms with Gasteiger partial charge in [0.05, 0.1) is 19.1 Å². The standard InChI is InChI=1S/C17H19N2O2PS/c23-22(19-12-13-6-5-11-18-13)20-16-9-3-1-7-14(16)15-8-2-4-10-17(15)21-22/h1-4,7-10,13,18H,5-6,11-12H2,(H,19,23)/p+1. The molecule has 23 heavy (non-hydrogen) atoms. The lowest BCUT2D eigenvalue weighted by molar-refractivity contribution is -0.667. The van der Waals surface area contributed by atoms with Crippen molar-refractivity contribution < 1.29 is 14.4 Å². The number of hydrogen-bond donors (Lipinski definition) is 2. The minimum Gasteiger partial charge on any atom is -0.424 e. The normalized spacial score (nSPS) is 21.5. The number of para-hydroxylation sites is 2. The lowest BCUT2D eigenvalue weighted by Crippen LogP contribution is -2.88. The molecule has 1 unspecified atom stereocenters. The van der Waals surface area contributed by atoms with Gasteiger partial charge in [-0.25, -0.2) is 5.09 Å². The molecule has 0 saturated carbocycles. The fourth-order valence-corrected chi connectivity index (χ4v) is 5.31. The van der Waals surface area contributed by atoms with Crippen molar-refractivity contribution in [2.24, 2.45) is 0 Å². The third kappa shape index (κ3) is 3.15. The SMILES string of the molecule is S=P1(NCC2CCC[NH2+]2)Oc2ccccc2-c2ccccc2O1. The Balaban J connectivity index is 1.67. The molecule has 4 rings (SSSR count). The Bertz CT molecular complexity index is 710. The molecule has 2 aromatic carbocycles. The Morgan fingerprint density at radius 2 is 1.65 bits per heavy atom. The van der Waals surface area contributed by atoms with E-state index in [9.17, 15) is 0 Å². The number of fused-ring (bicyclic) bond motifs is 3. The summed E-state index contributed by atoms with van der Waals surface area (Å²) >= 11 is 5.77. The second-order valence-electron chi connectivity index (χ2n) is 5.96. The molecule has 0 bridgehead atoms. The van der Waals surface area contributed by atoms with Gasteiger partial charge in [0.15, 0.2) is 0 Å². The molecule has 0 aromatic heterocycles. The highest BCUT2D eigenvalue weighted by Crippen LogP contribution is 2.53. The summed E-state index contributed by atoms with van der Waals surface area (Å²) in [5, 5.41) is 5.78. The van der Waals surface area contributed by atoms with Gasteiger partial charge in [-0.2, -0.15) is 0 Å². The van der Waals surface area contributed by atoms with Crippen molar-refractivity contribution in [3.63, 3.8) is 0 Å². The Labute approximate surface area is 141 Å². The molecule has 2 heterocycles. The summed E-state index contributed by atoms with van der Waals surface area (Å²) < 4.78 is 12.3. The third-order valence-electron chi connectivity index (χ3n) is 4.33. The summed E-state index contributed by atoms with van der Waals surface area (Å²) in [4.78, 5) is 0. The van der Waals surface area contributed by atoms with Crippen molar-refractivity contribution in [2.45, 2.75) is 18.9 Å². The molecule has 2 aliphatic heterocycles. The van der Waals surface area contributed by atoms with Gasteiger partial charge in [0, 0.05) is 35.8 Å². The lowest BCUT2D eigenvalue weighted by Gasteiger charge is -2.23. The lowest BCUT2D eigenvalue weighted by atomic mass is 10.0. The van der Waals surface area contributed by atoms with Gasteiger partial charge >= 0.3 is 6.64 Å². The monoisotopic (exact) mass is 347 g/mol. The van der Waals surface area contributed by atoms with Crippen LogP contribution in [0.25, 0.3) is 11.1 Å². The highest BCUT2D eigenvalue weighted by Gasteiger charge is 2.31. The second-order valence-corrected chi connectivity index (χ2v) is 9.08. The topological polar surface area (TPSA) is 47.1 Å². The molecule has 0 amide bonds. The number of nitrogens with one attached hydrogen (secondary N) is 1. The largest absolute Gasteiger partial charge is 0.424 e. The molecule has 0 radical (unpaired) electrons. The Morgan fingerprint density at radius 1 is 1.04 bits per heavy atom. The van der Waals surface area contributed by atoms with Crippen LogP contribution in [0.4, 0.5) is 0 Å². The summed E-state index contributed by atoms with van der Waals surface area (Å²) in [7, 11) is 0. The van der Waals surface area contributed by atoms with E-state index in [-0.39, 0.29) is 0 Å². The summed E-state index contributed by atoms with van der Waals surface area (Å²) in [5.74, 6) is 1.59. The fraction of sp³-hybridized carbons (Fsp3) is 0.294. The Hall–Kier alpha value is -1.39. The Kier molecular flexibility index (Phi) is 4.12. The van der Waals surface area contributed by atoms with E-state index in [1.54, 1.807) is 0 Å². The molecular weight excluding hydrogens is 327 g/mol. The van der Waals surface area contributed by atoms with Gasteiger partial charge < -0.3 is 14.4 Å². The van der Waals surface area contributed by atoms with Crippen molar-refractivity contribution in [3.05, 3.63) is 48.5 Å². The molecule has 1 saturated heterocycles. The maximum absolute atomic E-state index is 6.17. The smallest absolute Gasteiger partial charge is 0.365 e. The van der Waals surface area contributed by atoms with E-state index < -0.39 is 6.64 Å². The zero-order valence-corrected chi connectivity index (χ0v) is 14.5. The molecule has 120 valence electrons. The first kappa shape index (κ1) is 15.2. The molecular formula is C17H20N2O2PS+. The maximum Gasteiger partial charge on any atom is 0.365 e. The first-order valence-electron chi connectivity index (χ1n) is 8.00. The van der Waals surface area contributed by atoms with Crippen molar-refractivity contribution in [3.8, 4) is 22.6 Å². The number of benzene rings is 2. The van der Waals surface area contributed by atoms with E-state index in [2.05, 4.69) is 10.4 Å². The van der Waals surface area contributed by atoms with Crippen LogP contribution >= 0.6 is 6.64 Å². The van der Waals surface area contributed by atoms with E-state index in [1.165, 1.54) is 19.4 Å². The molecule has 2 aliphatic rings. The van der Waals surface area contributed by atoms with Gasteiger partial charge in [0.1, 0.15) is 11.5 Å². The Morgan fingerprint density at radius 3 is 2.22 bits per heavy atom. The van der Waals surface area contributed by atoms with E-state index in [0.717, 1.165) is 29.2 Å². The van der Waals surface area contributed by atoms with Gasteiger partial charge in [-0.05, 0) is 12.1 Å². The molecule has 0 spiro atoms. The number of quaternary nitrogens is 1. The molecule has 6 heteroatoms. The quantitative estimate of drug-likeness (QED) is 0.838. The van der Waals surface area contributed by atoms with Crippen molar-refractivity contribution in [1.82, 2.24) is 5.09 Å². The fourth-order valence-electron chi connectivity index (χ4n) is 3.15. The van der Waals surface area contributed by atoms with E-state index in [1.807, 2.05) is 48.5 Å². The minimum absolute atomic E-state index is 0.566. The number of nitrogens with two attached hydrogens (primary N) is 1. The molecule has 0 aliphatic carbocycles. The van der Waals surface area contributed by atoms with Gasteiger partial charge in [-0.3, -0.25) is 0 Å². The van der Waals surface area contributed by atoms with Gasteiger partial charge in [-0.15, -0.1) is 0 Å². The van der Waals surface area contributed by atoms with Crippen LogP contribution in [0.15, 0.2) is 48.5 Å². The van der Waals surface area contributed by atoms with Crippen LogP contribution < -0.4 is 19.5 Å². The van der Waals surface area contributed by atoms with Crippen LogP contribution in [-0.4, -0.2) is 19.1 Å². The third-order valence-corrected chi connectivity index (χ3v) is 6.61. The number of hydrogen-bond acceptors (Lipinski definition) is 3. The summed E-state index contributed by atoms with van der Waals surface area (Å²) in [6.07, 6.45) is 2.48. The van der Waals surface area contributed by atoms with Gasteiger partial charge in [-0.1, -0.05) is 36.4 Å². The second kappa shape index (κ2) is 6.25. The van der Waals surface area contributed by atoms with Crippen LogP contribution in [0.5, 0.6) is 11.5 Å². The van der Waals surface area contributed by atoms with Gasteiger partial charge in [0.25, 0.3) is 0 Å². The van der Waals surface area contributed by atoms with E-state index >= 15 is 0 Å². The molecule has 3 N–H and O–H groups in total. The van der Waals surface area contributed by atoms with Crippen molar-refractivity contribution >= 4 is 18.4 Å². The van der Waals surface area contributed by atoms with E-state index in [4.69, 9.17) is 20.9 Å². The van der Waals surface area contributed by atoms with E-state index in [0.29, 0.717) is 6.04 Å². The molecule has 1 atom stereocenters. The van der Waals surface area contributed by atoms with Crippen molar-refractivity contribution in [2.75, 3.05) is 13.1 Å². The highest BCUT2D eigenvalue weighted by atomic mass is 32.5. The molecule has 4 nitrogen and oxygen atoms in total. The van der Waals surface area contributed by atoms with Crippen LogP contribution in [-0.2, 0) is 11.8 Å². The van der Waals surface area contributed by atoms with Crippen LogP contribution in [0.1, 0.15) is 12.8 Å². The number of rotatable bonds is 3. The minimum atomic E-state index is -2.61. The average molecular weight is 347 g/mol. The van der Waals surface area contributed by atoms with Crippen LogP contribution in [0.3, 0.4) is 0 Å². The van der Waals surface area contributed by atoms with Gasteiger partial charge in [0.2, 0.25) is 0 Å². The predicted octanol–water partition coefficient (Wildman–Crippen LogP) is 2.66. The average Bonchev–Trinajstić information content (AvgIpc) is 3.04. The highest BCUT2D eigenvalue weighted by molar-refractivity contribution is 8.09. The maximum atomic E-state index is 6.17.